The molecular weight excluding hydrogens is 248 g/mol. The van der Waals surface area contributed by atoms with Crippen LogP contribution in [0.2, 0.25) is 0 Å². The fraction of sp³-hybridized carbons (Fsp3) is 0.500. The van der Waals surface area contributed by atoms with E-state index in [4.69, 9.17) is 0 Å². The minimum atomic E-state index is 0.507. The van der Waals surface area contributed by atoms with Crippen molar-refractivity contribution in [1.29, 1.82) is 0 Å². The summed E-state index contributed by atoms with van der Waals surface area (Å²) in [6.45, 7) is 4.67. The summed E-state index contributed by atoms with van der Waals surface area (Å²) >= 11 is 0. The standard InChI is InChI=1S/C16H22N4/c1-10-8-9-13(11(10)2)18-15-12-6-4-5-7-14(12)19-16(17-3)20-15/h4-7,10-11,13H,8-9H2,1-3H3,(H2,17,18,19,20). The fourth-order valence-electron chi connectivity index (χ4n) is 3.04. The Morgan fingerprint density at radius 2 is 1.90 bits per heavy atom. The summed E-state index contributed by atoms with van der Waals surface area (Å²) in [6, 6.07) is 8.67. The lowest BCUT2D eigenvalue weighted by molar-refractivity contribution is 0.435. The molecule has 0 amide bonds. The highest BCUT2D eigenvalue weighted by atomic mass is 15.1. The van der Waals surface area contributed by atoms with E-state index in [1.54, 1.807) is 0 Å². The summed E-state index contributed by atoms with van der Waals surface area (Å²) in [5, 5.41) is 7.79. The number of para-hydroxylation sites is 1. The van der Waals surface area contributed by atoms with E-state index >= 15 is 0 Å². The summed E-state index contributed by atoms with van der Waals surface area (Å²) in [7, 11) is 1.86. The first kappa shape index (κ1) is 13.2. The molecule has 2 N–H and O–H groups in total. The molecule has 1 fully saturated rings. The molecule has 20 heavy (non-hydrogen) atoms. The van der Waals surface area contributed by atoms with Crippen molar-refractivity contribution in [2.45, 2.75) is 32.7 Å². The number of fused-ring (bicyclic) bond motifs is 1. The van der Waals surface area contributed by atoms with Crippen LogP contribution >= 0.6 is 0 Å². The van der Waals surface area contributed by atoms with Crippen LogP contribution in [0.25, 0.3) is 10.9 Å². The predicted octanol–water partition coefficient (Wildman–Crippen LogP) is 3.52. The molecule has 106 valence electrons. The van der Waals surface area contributed by atoms with Gasteiger partial charge in [-0.2, -0.15) is 4.98 Å². The second-order valence-electron chi connectivity index (χ2n) is 5.83. The van der Waals surface area contributed by atoms with Gasteiger partial charge in [-0.1, -0.05) is 26.0 Å². The summed E-state index contributed by atoms with van der Waals surface area (Å²) in [6.07, 6.45) is 2.51. The fourth-order valence-corrected chi connectivity index (χ4v) is 3.04. The highest BCUT2D eigenvalue weighted by Crippen LogP contribution is 2.34. The molecule has 4 heteroatoms. The third-order valence-corrected chi connectivity index (χ3v) is 4.61. The van der Waals surface area contributed by atoms with Gasteiger partial charge in [0.05, 0.1) is 5.52 Å². The summed E-state index contributed by atoms with van der Waals surface area (Å²) < 4.78 is 0. The Bertz CT molecular complexity index is 610. The molecule has 3 rings (SSSR count). The lowest BCUT2D eigenvalue weighted by atomic mass is 9.98. The number of anilines is 2. The van der Waals surface area contributed by atoms with Gasteiger partial charge >= 0.3 is 0 Å². The minimum Gasteiger partial charge on any atom is -0.366 e. The van der Waals surface area contributed by atoms with Crippen LogP contribution in [0.4, 0.5) is 11.8 Å². The van der Waals surface area contributed by atoms with Gasteiger partial charge in [-0.25, -0.2) is 4.98 Å². The normalized spacial score (nSPS) is 25.9. The van der Waals surface area contributed by atoms with Crippen molar-refractivity contribution in [2.24, 2.45) is 11.8 Å². The maximum absolute atomic E-state index is 4.61. The summed E-state index contributed by atoms with van der Waals surface area (Å²) in [5.74, 6) is 3.09. The van der Waals surface area contributed by atoms with Crippen molar-refractivity contribution in [2.75, 3.05) is 17.7 Å². The van der Waals surface area contributed by atoms with Crippen LogP contribution in [0.3, 0.4) is 0 Å². The Morgan fingerprint density at radius 1 is 1.10 bits per heavy atom. The van der Waals surface area contributed by atoms with Crippen LogP contribution in [0.1, 0.15) is 26.7 Å². The van der Waals surface area contributed by atoms with Crippen LogP contribution in [0.15, 0.2) is 24.3 Å². The molecule has 3 atom stereocenters. The summed E-state index contributed by atoms with van der Waals surface area (Å²) in [4.78, 5) is 9.11. The first-order valence-corrected chi connectivity index (χ1v) is 7.40. The zero-order valence-electron chi connectivity index (χ0n) is 12.4. The van der Waals surface area contributed by atoms with Gasteiger partial charge < -0.3 is 10.6 Å². The Labute approximate surface area is 120 Å². The van der Waals surface area contributed by atoms with E-state index in [-0.39, 0.29) is 0 Å². The van der Waals surface area contributed by atoms with Crippen LogP contribution < -0.4 is 10.6 Å². The zero-order valence-corrected chi connectivity index (χ0v) is 12.4. The molecule has 3 unspecified atom stereocenters. The van der Waals surface area contributed by atoms with Gasteiger partial charge in [0, 0.05) is 18.5 Å². The highest BCUT2D eigenvalue weighted by molar-refractivity contribution is 5.90. The van der Waals surface area contributed by atoms with Gasteiger partial charge in [-0.3, -0.25) is 0 Å². The van der Waals surface area contributed by atoms with Crippen molar-refractivity contribution in [3.63, 3.8) is 0 Å². The molecule has 0 bridgehead atoms. The monoisotopic (exact) mass is 270 g/mol. The molecule has 1 aliphatic carbocycles. The quantitative estimate of drug-likeness (QED) is 0.896. The number of hydrogen-bond acceptors (Lipinski definition) is 4. The second-order valence-corrected chi connectivity index (χ2v) is 5.83. The Kier molecular flexibility index (Phi) is 3.47. The van der Waals surface area contributed by atoms with Crippen LogP contribution in [-0.4, -0.2) is 23.1 Å². The van der Waals surface area contributed by atoms with Gasteiger partial charge in [0.2, 0.25) is 5.95 Å². The average molecular weight is 270 g/mol. The molecule has 1 aromatic carbocycles. The van der Waals surface area contributed by atoms with E-state index < -0.39 is 0 Å². The minimum absolute atomic E-state index is 0.507. The molecule has 1 aliphatic rings. The Balaban J connectivity index is 1.97. The lowest BCUT2D eigenvalue weighted by Crippen LogP contribution is -2.25. The maximum atomic E-state index is 4.61. The first-order valence-electron chi connectivity index (χ1n) is 7.40. The van der Waals surface area contributed by atoms with E-state index in [2.05, 4.69) is 40.5 Å². The number of nitrogens with zero attached hydrogens (tertiary/aromatic N) is 2. The van der Waals surface area contributed by atoms with Gasteiger partial charge in [-0.05, 0) is 36.8 Å². The molecule has 4 nitrogen and oxygen atoms in total. The van der Waals surface area contributed by atoms with E-state index in [0.29, 0.717) is 17.9 Å². The molecular formula is C16H22N4. The van der Waals surface area contributed by atoms with Crippen molar-refractivity contribution in [3.8, 4) is 0 Å². The Hall–Kier alpha value is -1.84. The molecule has 1 heterocycles. The van der Waals surface area contributed by atoms with Crippen LogP contribution in [0, 0.1) is 11.8 Å². The first-order chi connectivity index (χ1) is 9.69. The summed E-state index contributed by atoms with van der Waals surface area (Å²) in [5.41, 5.74) is 0.980. The highest BCUT2D eigenvalue weighted by Gasteiger charge is 2.30. The van der Waals surface area contributed by atoms with Gasteiger partial charge in [0.1, 0.15) is 5.82 Å². The van der Waals surface area contributed by atoms with Crippen LogP contribution in [-0.2, 0) is 0 Å². The van der Waals surface area contributed by atoms with Gasteiger partial charge in [0.15, 0.2) is 0 Å². The molecule has 0 radical (unpaired) electrons. The molecule has 0 saturated heterocycles. The van der Waals surface area contributed by atoms with E-state index in [0.717, 1.165) is 22.6 Å². The molecule has 1 aromatic heterocycles. The lowest BCUT2D eigenvalue weighted by Gasteiger charge is -2.21. The third kappa shape index (κ3) is 2.30. The van der Waals surface area contributed by atoms with Crippen molar-refractivity contribution in [1.82, 2.24) is 9.97 Å². The number of hydrogen-bond donors (Lipinski definition) is 2. The smallest absolute Gasteiger partial charge is 0.224 e. The van der Waals surface area contributed by atoms with E-state index in [1.165, 1.54) is 12.8 Å². The largest absolute Gasteiger partial charge is 0.366 e. The zero-order chi connectivity index (χ0) is 14.1. The third-order valence-electron chi connectivity index (χ3n) is 4.61. The number of rotatable bonds is 3. The molecule has 0 spiro atoms. The van der Waals surface area contributed by atoms with Gasteiger partial charge in [0.25, 0.3) is 0 Å². The second kappa shape index (κ2) is 5.27. The van der Waals surface area contributed by atoms with E-state index in [9.17, 15) is 0 Å². The topological polar surface area (TPSA) is 49.8 Å². The van der Waals surface area contributed by atoms with Gasteiger partial charge in [-0.15, -0.1) is 0 Å². The Morgan fingerprint density at radius 3 is 2.60 bits per heavy atom. The maximum Gasteiger partial charge on any atom is 0.224 e. The molecule has 2 aromatic rings. The van der Waals surface area contributed by atoms with Crippen molar-refractivity contribution >= 4 is 22.7 Å². The number of aromatic nitrogens is 2. The number of nitrogens with one attached hydrogen (secondary N) is 2. The molecule has 0 aliphatic heterocycles. The molecule has 1 saturated carbocycles. The van der Waals surface area contributed by atoms with Crippen molar-refractivity contribution < 1.29 is 0 Å². The predicted molar refractivity (Wildman–Crippen MR) is 84.1 cm³/mol. The van der Waals surface area contributed by atoms with E-state index in [1.807, 2.05) is 25.2 Å². The SMILES string of the molecule is CNc1nc(NC2CCC(C)C2C)c2ccccc2n1. The van der Waals surface area contributed by atoms with Crippen molar-refractivity contribution in [3.05, 3.63) is 24.3 Å². The van der Waals surface area contributed by atoms with Crippen LogP contribution in [0.5, 0.6) is 0 Å². The average Bonchev–Trinajstić information content (AvgIpc) is 2.79. The number of benzene rings is 1.